The van der Waals surface area contributed by atoms with Gasteiger partial charge in [-0.2, -0.15) is 4.37 Å². The van der Waals surface area contributed by atoms with Crippen LogP contribution >= 0.6 is 11.5 Å². The molecule has 0 saturated heterocycles. The molecule has 0 atom stereocenters. The van der Waals surface area contributed by atoms with Gasteiger partial charge in [-0.3, -0.25) is 16.0 Å². The number of nitrogen functional groups attached to an aromatic ring is 1. The minimum atomic E-state index is -0.702. The van der Waals surface area contributed by atoms with E-state index in [0.717, 1.165) is 23.8 Å². The van der Waals surface area contributed by atoms with Gasteiger partial charge >= 0.3 is 5.82 Å². The Kier molecular flexibility index (Phi) is 3.81. The minimum absolute atomic E-state index is 0.0120. The summed E-state index contributed by atoms with van der Waals surface area (Å²) in [5.41, 5.74) is 2.40. The minimum Gasteiger partial charge on any atom is -0.358 e. The monoisotopic (exact) mass is 295 g/mol. The number of carbonyl (C=O) groups excluding carboxylic acids is 1. The van der Waals surface area contributed by atoms with Gasteiger partial charge in [0, 0.05) is 11.5 Å². The number of nitrogens with two attached hydrogens (primary N) is 1. The van der Waals surface area contributed by atoms with E-state index in [1.165, 1.54) is 0 Å². The van der Waals surface area contributed by atoms with Crippen molar-refractivity contribution in [2.24, 2.45) is 5.84 Å². The van der Waals surface area contributed by atoms with Gasteiger partial charge in [-0.1, -0.05) is 0 Å². The molecule has 2 heterocycles. The molecule has 1 amide bonds. The molecule has 0 aliphatic rings. The highest BCUT2D eigenvalue weighted by molar-refractivity contribution is 7.09. The maximum atomic E-state index is 12.1. The summed E-state index contributed by atoms with van der Waals surface area (Å²) >= 11 is 1.00. The number of nitro groups is 1. The molecule has 0 aliphatic heterocycles. The van der Waals surface area contributed by atoms with Crippen LogP contribution in [0.5, 0.6) is 0 Å². The van der Waals surface area contributed by atoms with Crippen LogP contribution < -0.4 is 16.6 Å². The van der Waals surface area contributed by atoms with Gasteiger partial charge in [0.25, 0.3) is 5.91 Å². The Morgan fingerprint density at radius 3 is 2.85 bits per heavy atom. The second kappa shape index (κ2) is 5.54. The van der Waals surface area contributed by atoms with E-state index in [1.807, 2.05) is 0 Å². The molecular weight excluding hydrogens is 286 g/mol. The van der Waals surface area contributed by atoms with Crippen LogP contribution in [0.1, 0.15) is 16.2 Å². The number of aromatic nitrogens is 3. The van der Waals surface area contributed by atoms with Crippen LogP contribution in [0.25, 0.3) is 0 Å². The molecule has 0 saturated carbocycles. The number of rotatable bonds is 4. The van der Waals surface area contributed by atoms with E-state index in [-0.39, 0.29) is 16.4 Å². The summed E-state index contributed by atoms with van der Waals surface area (Å²) in [4.78, 5) is 29.6. The molecule has 20 heavy (non-hydrogen) atoms. The second-order valence-electron chi connectivity index (χ2n) is 3.59. The van der Waals surface area contributed by atoms with Crippen molar-refractivity contribution in [3.63, 3.8) is 0 Å². The Bertz CT molecular complexity index is 671. The summed E-state index contributed by atoms with van der Waals surface area (Å²) in [5, 5.41) is 13.4. The summed E-state index contributed by atoms with van der Waals surface area (Å²) in [6, 6.07) is 1.03. The molecule has 104 valence electrons. The Morgan fingerprint density at radius 1 is 1.55 bits per heavy atom. The first kappa shape index (κ1) is 13.8. The van der Waals surface area contributed by atoms with E-state index in [4.69, 9.17) is 5.84 Å². The molecule has 2 aromatic rings. The number of hydrogen-bond donors (Lipinski definition) is 3. The van der Waals surface area contributed by atoms with Crippen molar-refractivity contribution in [2.45, 2.75) is 6.92 Å². The number of carbonyl (C=O) groups is 1. The standard InChI is InChI=1S/C9H9N7O3S/c1-4-12-9(20-15-4)13-8(17)5-2-7(16(18)19)11-3-6(5)14-10/h2-3,14H,10H2,1H3,(H,12,13,15,17). The molecule has 4 N–H and O–H groups in total. The van der Waals surface area contributed by atoms with Crippen molar-refractivity contribution in [1.29, 1.82) is 0 Å². The molecule has 0 spiro atoms. The number of hydrogen-bond acceptors (Lipinski definition) is 9. The predicted octanol–water partition coefficient (Wildman–Crippen LogP) is 0.688. The predicted molar refractivity (Wildman–Crippen MR) is 71.3 cm³/mol. The third kappa shape index (κ3) is 2.84. The molecule has 0 fully saturated rings. The summed E-state index contributed by atoms with van der Waals surface area (Å²) in [6.45, 7) is 1.68. The third-order valence-electron chi connectivity index (χ3n) is 2.22. The van der Waals surface area contributed by atoms with Gasteiger partial charge < -0.3 is 15.5 Å². The maximum absolute atomic E-state index is 12.1. The van der Waals surface area contributed by atoms with E-state index < -0.39 is 16.6 Å². The number of nitrogens with one attached hydrogen (secondary N) is 2. The first-order valence-electron chi connectivity index (χ1n) is 5.24. The molecule has 10 nitrogen and oxygen atoms in total. The fraction of sp³-hybridized carbons (Fsp3) is 0.111. The van der Waals surface area contributed by atoms with Crippen LogP contribution in [0.15, 0.2) is 12.3 Å². The number of amides is 1. The Labute approximate surface area is 116 Å². The van der Waals surface area contributed by atoms with Crippen LogP contribution in [0, 0.1) is 17.0 Å². The van der Waals surface area contributed by atoms with Gasteiger partial charge in [-0.25, -0.2) is 4.98 Å². The molecule has 0 bridgehead atoms. The summed E-state index contributed by atoms with van der Waals surface area (Å²) in [6.07, 6.45) is 1.11. The van der Waals surface area contributed by atoms with Crippen molar-refractivity contribution >= 4 is 34.1 Å². The zero-order chi connectivity index (χ0) is 14.7. The van der Waals surface area contributed by atoms with Crippen LogP contribution in [0.4, 0.5) is 16.6 Å². The van der Waals surface area contributed by atoms with Crippen LogP contribution in [-0.2, 0) is 0 Å². The Morgan fingerprint density at radius 2 is 2.30 bits per heavy atom. The van der Waals surface area contributed by atoms with Gasteiger partial charge in [0.1, 0.15) is 11.5 Å². The van der Waals surface area contributed by atoms with Crippen molar-refractivity contribution in [3.8, 4) is 0 Å². The van der Waals surface area contributed by atoms with Crippen molar-refractivity contribution in [2.75, 3.05) is 10.7 Å². The number of nitrogens with zero attached hydrogens (tertiary/aromatic N) is 4. The molecule has 2 aromatic heterocycles. The summed E-state index contributed by atoms with van der Waals surface area (Å²) in [7, 11) is 0. The number of pyridine rings is 1. The van der Waals surface area contributed by atoms with Gasteiger partial charge in [-0.05, 0) is 16.8 Å². The first-order chi connectivity index (χ1) is 9.51. The Balaban J connectivity index is 2.32. The van der Waals surface area contributed by atoms with E-state index in [2.05, 4.69) is 25.1 Å². The topological polar surface area (TPSA) is 149 Å². The zero-order valence-electron chi connectivity index (χ0n) is 10.2. The third-order valence-corrected chi connectivity index (χ3v) is 2.95. The number of anilines is 2. The van der Waals surface area contributed by atoms with E-state index >= 15 is 0 Å². The fourth-order valence-corrected chi connectivity index (χ4v) is 1.93. The van der Waals surface area contributed by atoms with Gasteiger partial charge in [0.15, 0.2) is 6.20 Å². The molecule has 2 rings (SSSR count). The lowest BCUT2D eigenvalue weighted by Crippen LogP contribution is -2.18. The number of aryl methyl sites for hydroxylation is 1. The maximum Gasteiger partial charge on any atom is 0.364 e. The summed E-state index contributed by atoms with van der Waals surface area (Å²) in [5.74, 6) is 4.71. The van der Waals surface area contributed by atoms with Gasteiger partial charge in [-0.15, -0.1) is 0 Å². The van der Waals surface area contributed by atoms with E-state index in [9.17, 15) is 14.9 Å². The lowest BCUT2D eigenvalue weighted by atomic mass is 10.2. The lowest BCUT2D eigenvalue weighted by molar-refractivity contribution is -0.389. The van der Waals surface area contributed by atoms with Crippen LogP contribution in [-0.4, -0.2) is 25.2 Å². The highest BCUT2D eigenvalue weighted by atomic mass is 32.1. The van der Waals surface area contributed by atoms with Crippen molar-refractivity contribution in [1.82, 2.24) is 14.3 Å². The average molecular weight is 295 g/mol. The Hall–Kier alpha value is -2.66. The zero-order valence-corrected chi connectivity index (χ0v) is 11.0. The van der Waals surface area contributed by atoms with Crippen LogP contribution in [0.3, 0.4) is 0 Å². The SMILES string of the molecule is Cc1nsc(NC(=O)c2cc([N+](=O)[O-])ncc2NN)n1. The van der Waals surface area contributed by atoms with Gasteiger partial charge in [0.05, 0.1) is 11.6 Å². The highest BCUT2D eigenvalue weighted by Gasteiger charge is 2.19. The molecule has 0 aliphatic carbocycles. The van der Waals surface area contributed by atoms with Gasteiger partial charge in [0.2, 0.25) is 5.13 Å². The molecule has 11 heteroatoms. The molecule has 0 aromatic carbocycles. The van der Waals surface area contributed by atoms with Crippen molar-refractivity contribution in [3.05, 3.63) is 33.8 Å². The fourth-order valence-electron chi connectivity index (χ4n) is 1.36. The second-order valence-corrected chi connectivity index (χ2v) is 4.34. The summed E-state index contributed by atoms with van der Waals surface area (Å²) < 4.78 is 3.91. The molecule has 0 radical (unpaired) electrons. The highest BCUT2D eigenvalue weighted by Crippen LogP contribution is 2.20. The smallest absolute Gasteiger partial charge is 0.358 e. The molecule has 0 unspecified atom stereocenters. The quantitative estimate of drug-likeness (QED) is 0.423. The van der Waals surface area contributed by atoms with E-state index in [1.54, 1.807) is 6.92 Å². The van der Waals surface area contributed by atoms with E-state index in [0.29, 0.717) is 5.82 Å². The largest absolute Gasteiger partial charge is 0.364 e. The molecular formula is C9H9N7O3S. The first-order valence-corrected chi connectivity index (χ1v) is 6.01. The van der Waals surface area contributed by atoms with Crippen molar-refractivity contribution < 1.29 is 9.72 Å². The lowest BCUT2D eigenvalue weighted by Gasteiger charge is -2.06. The normalized spacial score (nSPS) is 10.1. The average Bonchev–Trinajstić information content (AvgIpc) is 2.83. The van der Waals surface area contributed by atoms with Crippen LogP contribution in [0.2, 0.25) is 0 Å². The number of hydrazine groups is 1.